The van der Waals surface area contributed by atoms with Gasteiger partial charge in [-0.2, -0.15) is 0 Å². The number of anilines is 1. The molecule has 2 aromatic carbocycles. The largest absolute Gasteiger partial charge is 0.496 e. The molecule has 6 aliphatic rings. The number of piperidine rings is 1. The number of amides is 1. The van der Waals surface area contributed by atoms with Crippen molar-refractivity contribution in [3.05, 3.63) is 83.0 Å². The van der Waals surface area contributed by atoms with Crippen LogP contribution in [0.25, 0.3) is 10.9 Å². The van der Waals surface area contributed by atoms with Crippen LogP contribution in [0.1, 0.15) is 85.7 Å². The molecule has 3 fully saturated rings. The third-order valence-electron chi connectivity index (χ3n) is 16.8. The van der Waals surface area contributed by atoms with Crippen LogP contribution in [0, 0.1) is 11.3 Å². The van der Waals surface area contributed by atoms with Crippen LogP contribution >= 0.6 is 0 Å². The number of ether oxygens (including phenoxy) is 4. The molecular formula is C52H68N10O10. The number of carbonyl (C=O) groups excluding carboxylic acids is 4. The molecule has 1 aliphatic carbocycles. The number of esters is 3. The Morgan fingerprint density at radius 3 is 2.40 bits per heavy atom. The summed E-state index contributed by atoms with van der Waals surface area (Å²) in [6.07, 6.45) is 7.28. The quantitative estimate of drug-likeness (QED) is 0.0494. The predicted octanol–water partition coefficient (Wildman–Crippen LogP) is 4.06. The number of aromatic nitrogens is 3. The van der Waals surface area contributed by atoms with Crippen LogP contribution in [0.4, 0.5) is 11.5 Å². The van der Waals surface area contributed by atoms with Crippen LogP contribution in [0.15, 0.2) is 65.2 Å². The number of benzene rings is 2. The zero-order valence-corrected chi connectivity index (χ0v) is 42.7. The second-order valence-electron chi connectivity index (χ2n) is 20.7. The second-order valence-corrected chi connectivity index (χ2v) is 20.7. The van der Waals surface area contributed by atoms with Crippen molar-refractivity contribution in [1.82, 2.24) is 29.8 Å². The maximum Gasteiger partial charge on any atom is 0.344 e. The van der Waals surface area contributed by atoms with Crippen LogP contribution in [-0.2, 0) is 45.8 Å². The van der Waals surface area contributed by atoms with E-state index in [1.807, 2.05) is 50.1 Å². The molecule has 2 saturated heterocycles. The number of aliphatic hydroxyl groups is 2. The van der Waals surface area contributed by atoms with Gasteiger partial charge in [-0.1, -0.05) is 49.4 Å². The first-order chi connectivity index (χ1) is 34.3. The topological polar surface area (TPSA) is 254 Å². The normalized spacial score (nSPS) is 32.2. The van der Waals surface area contributed by atoms with Crippen molar-refractivity contribution in [2.75, 3.05) is 80.1 Å². The Bertz CT molecular complexity index is 2850. The lowest BCUT2D eigenvalue weighted by Crippen LogP contribution is -2.81. The van der Waals surface area contributed by atoms with E-state index in [2.05, 4.69) is 59.4 Å². The predicted molar refractivity (Wildman–Crippen MR) is 266 cm³/mol. The highest BCUT2D eigenvalue weighted by Crippen LogP contribution is 2.68. The molecule has 1 saturated carbocycles. The monoisotopic (exact) mass is 993 g/mol. The van der Waals surface area contributed by atoms with Crippen molar-refractivity contribution in [2.24, 2.45) is 27.4 Å². The number of nitrogens with two attached hydrogens (primary N) is 1. The molecule has 4 aromatic rings. The van der Waals surface area contributed by atoms with Crippen molar-refractivity contribution in [3.63, 3.8) is 0 Å². The average Bonchev–Trinajstić information content (AvgIpc) is 4.16. The summed E-state index contributed by atoms with van der Waals surface area (Å²) in [6.45, 7) is 8.62. The van der Waals surface area contributed by atoms with Gasteiger partial charge in [-0.3, -0.25) is 29.2 Å². The summed E-state index contributed by atoms with van der Waals surface area (Å²) in [5.41, 5.74) is 3.49. The fraction of sp³-hybridized carbons (Fsp3) is 0.558. The highest BCUT2D eigenvalue weighted by Gasteiger charge is 2.80. The van der Waals surface area contributed by atoms with E-state index in [9.17, 15) is 24.6 Å². The van der Waals surface area contributed by atoms with E-state index in [-0.39, 0.29) is 23.5 Å². The van der Waals surface area contributed by atoms with E-state index < -0.39 is 63.4 Å². The van der Waals surface area contributed by atoms with Gasteiger partial charge in [0.05, 0.1) is 39.3 Å². The van der Waals surface area contributed by atoms with Crippen molar-refractivity contribution in [2.45, 2.75) is 99.5 Å². The molecule has 6 N–H and O–H groups in total. The summed E-state index contributed by atoms with van der Waals surface area (Å²) in [7, 11) is 9.58. The van der Waals surface area contributed by atoms with E-state index in [1.54, 1.807) is 21.2 Å². The molecule has 1 amide bonds. The number of para-hydroxylation sites is 1. The number of nitrogens with zero attached hydrogens (tertiary/aromatic N) is 7. The summed E-state index contributed by atoms with van der Waals surface area (Å²) in [4.78, 5) is 70.2. The number of aromatic amines is 2. The van der Waals surface area contributed by atoms with Gasteiger partial charge < -0.3 is 49.8 Å². The van der Waals surface area contributed by atoms with Crippen LogP contribution in [0.5, 0.6) is 5.75 Å². The Hall–Kier alpha value is -6.35. The lowest BCUT2D eigenvalue weighted by atomic mass is 9.47. The number of imidazole rings is 1. The number of primary amides is 1. The zero-order valence-electron chi connectivity index (χ0n) is 42.7. The fourth-order valence-electron chi connectivity index (χ4n) is 14.2. The van der Waals surface area contributed by atoms with Crippen molar-refractivity contribution >= 4 is 46.2 Å². The third-order valence-corrected chi connectivity index (χ3v) is 16.8. The lowest BCUT2D eigenvalue weighted by molar-refractivity contribution is -0.228. The molecule has 0 unspecified atom stereocenters. The molecule has 10 rings (SSSR count). The van der Waals surface area contributed by atoms with Crippen molar-refractivity contribution in [1.29, 1.82) is 0 Å². The van der Waals surface area contributed by atoms with Crippen LogP contribution in [0.3, 0.4) is 0 Å². The minimum Gasteiger partial charge on any atom is -0.496 e. The number of carbonyl (C=O) groups is 4. The van der Waals surface area contributed by atoms with Crippen molar-refractivity contribution < 1.29 is 48.3 Å². The Morgan fingerprint density at radius 1 is 0.986 bits per heavy atom. The lowest BCUT2D eigenvalue weighted by Gasteiger charge is -2.63. The van der Waals surface area contributed by atoms with Crippen LogP contribution in [0.2, 0.25) is 0 Å². The maximum atomic E-state index is 15.3. The minimum atomic E-state index is -2.30. The van der Waals surface area contributed by atoms with Gasteiger partial charge in [-0.05, 0) is 74.2 Å². The van der Waals surface area contributed by atoms with Crippen molar-refractivity contribution in [3.8, 4) is 5.75 Å². The maximum absolute atomic E-state index is 15.3. The van der Waals surface area contributed by atoms with Crippen LogP contribution < -0.4 is 15.4 Å². The molecule has 10 atom stereocenters. The summed E-state index contributed by atoms with van der Waals surface area (Å²) in [6, 6.07) is 11.0. The molecule has 0 radical (unpaired) electrons. The van der Waals surface area contributed by atoms with E-state index >= 15 is 4.79 Å². The van der Waals surface area contributed by atoms with Gasteiger partial charge >= 0.3 is 17.9 Å². The van der Waals surface area contributed by atoms with Gasteiger partial charge in [0.15, 0.2) is 17.6 Å². The number of nitrogens with one attached hydrogen (secondary N) is 2. The molecule has 20 heteroatoms. The Kier molecular flexibility index (Phi) is 13.1. The highest BCUT2D eigenvalue weighted by molar-refractivity contribution is 5.96. The smallest absolute Gasteiger partial charge is 0.344 e. The first kappa shape index (κ1) is 50.6. The van der Waals surface area contributed by atoms with Gasteiger partial charge in [-0.15, -0.1) is 5.11 Å². The van der Waals surface area contributed by atoms with E-state index in [0.29, 0.717) is 82.6 Å². The molecule has 72 heavy (non-hydrogen) atoms. The average molecular weight is 993 g/mol. The second kappa shape index (κ2) is 18.6. The molecule has 386 valence electrons. The molecule has 5 aliphatic heterocycles. The first-order valence-corrected chi connectivity index (χ1v) is 24.7. The molecule has 2 aromatic heterocycles. The number of likely N-dealkylation sites (N-methyl/N-ethyl adjacent to an activating group) is 1. The molecule has 20 nitrogen and oxygen atoms in total. The highest BCUT2D eigenvalue weighted by atomic mass is 16.6. The Balaban J connectivity index is 0.000000430. The summed E-state index contributed by atoms with van der Waals surface area (Å²) in [5, 5.41) is 35.2. The van der Waals surface area contributed by atoms with Gasteiger partial charge in [0.25, 0.3) is 5.91 Å². The number of methoxy groups -OCH3 is 3. The number of rotatable bonds is 10. The molecule has 1 spiro atoms. The van der Waals surface area contributed by atoms with Gasteiger partial charge in [0.2, 0.25) is 5.60 Å². The molecule has 7 heterocycles. The minimum absolute atomic E-state index is 0.0885. The summed E-state index contributed by atoms with van der Waals surface area (Å²) in [5.74, 6) is -1.93. The number of H-pyrrole nitrogens is 2. The van der Waals surface area contributed by atoms with Crippen LogP contribution in [-0.4, -0.2) is 168 Å². The number of fused-ring (bicyclic) bond motifs is 6. The van der Waals surface area contributed by atoms with Gasteiger partial charge in [0.1, 0.15) is 11.2 Å². The third kappa shape index (κ3) is 7.49. The van der Waals surface area contributed by atoms with Gasteiger partial charge in [-0.25, -0.2) is 9.78 Å². The number of hydrogen-bond acceptors (Lipinski definition) is 16. The fourth-order valence-corrected chi connectivity index (χ4v) is 14.2. The van der Waals surface area contributed by atoms with E-state index in [4.69, 9.17) is 24.7 Å². The zero-order chi connectivity index (χ0) is 51.7. The summed E-state index contributed by atoms with van der Waals surface area (Å²) >= 11 is 0. The summed E-state index contributed by atoms with van der Waals surface area (Å²) < 4.78 is 23.9. The Morgan fingerprint density at radius 2 is 1.74 bits per heavy atom. The van der Waals surface area contributed by atoms with Gasteiger partial charge in [0, 0.05) is 105 Å². The number of hydrogen-bond donors (Lipinski definition) is 5. The first-order valence-electron chi connectivity index (χ1n) is 24.7. The Labute approximate surface area is 418 Å². The standard InChI is InChI=1S/C46H58N4O9.C6H10N6O/c1-8-42(54)23-28-24-45(40(52)57-6,36-30(15-19-49(25-28)26-42)29-13-10-11-14-33(29)47-36)32-21-31-34(22-35(32)56-5)48(4)38-44(31)17-20-50-18-12-16-43(9-2,37(44)50)39(59-27(3)51)46(38,55)41(53)58-7;1-12(2)11-10-6-4(5(7)13)8-3-9-6/h10-14,16,21-22,28,37-39,47,54-55H,8-9,15,17-20,23-26H2,1-7H3;3H,1-2H3,(H2,7,13)(H,8,9)/b;11-10+/t28-,37-,38+,39+,42-,43+,44+,45-,46-;/m0./s1. The van der Waals surface area contributed by atoms with E-state index in [1.165, 1.54) is 32.5 Å². The molecule has 2 bridgehead atoms. The SMILES string of the molecule is CC[C@]1(O)C[C@@H]2C[N@@](CCc3c([nH]c4ccccc34)[C@@](C(=O)OC)(c3cc4c(cc3OC)N(C)[C@H]3[C@@](O)(C(=O)OC)[C@H](OC(C)=O)[C@]5(CC)C=CCN6CC[C@]43[C@@H]65)C2)C1.CN(C)/N=N/c1[nH]cnc1C(N)=O. The molecular weight excluding hydrogens is 925 g/mol. The van der Waals surface area contributed by atoms with E-state index in [0.717, 1.165) is 33.4 Å².